The molecule has 1 aromatic rings. The van der Waals surface area contributed by atoms with Gasteiger partial charge in [0.25, 0.3) is 11.2 Å². The Kier molecular flexibility index (Phi) is 3.29. The number of rotatable bonds is 2. The molecule has 0 bridgehead atoms. The Balaban J connectivity index is 2.43. The molecule has 0 aliphatic carbocycles. The molecular formula is C10H11N3O5. The molecule has 1 saturated heterocycles. The van der Waals surface area contributed by atoms with Crippen molar-refractivity contribution in [2.24, 2.45) is 0 Å². The highest BCUT2D eigenvalue weighted by Gasteiger charge is 2.35. The van der Waals surface area contributed by atoms with Crippen molar-refractivity contribution in [1.29, 1.82) is 0 Å². The maximum absolute atomic E-state index is 11.6. The average molecular weight is 253 g/mol. The second-order valence-corrected chi connectivity index (χ2v) is 3.93. The van der Waals surface area contributed by atoms with Crippen LogP contribution in [0.5, 0.6) is 0 Å². The van der Waals surface area contributed by atoms with Crippen molar-refractivity contribution < 1.29 is 14.9 Å². The summed E-state index contributed by atoms with van der Waals surface area (Å²) in [6, 6.07) is 0. The predicted octanol–water partition coefficient (Wildman–Crippen LogP) is -1.27. The van der Waals surface area contributed by atoms with Crippen molar-refractivity contribution in [2.45, 2.75) is 24.9 Å². The van der Waals surface area contributed by atoms with Crippen molar-refractivity contribution in [3.8, 4) is 0 Å². The smallest absolute Gasteiger partial charge is 0.328 e. The molecule has 3 atom stereocenters. The van der Waals surface area contributed by atoms with E-state index in [0.29, 0.717) is 0 Å². The van der Waals surface area contributed by atoms with Gasteiger partial charge in [-0.15, -0.1) is 0 Å². The van der Waals surface area contributed by atoms with Gasteiger partial charge in [0.05, 0.1) is 19.3 Å². The van der Waals surface area contributed by atoms with Crippen molar-refractivity contribution >= 4 is 5.69 Å². The van der Waals surface area contributed by atoms with E-state index in [-0.39, 0.29) is 18.7 Å². The van der Waals surface area contributed by atoms with E-state index in [1.165, 1.54) is 0 Å². The van der Waals surface area contributed by atoms with Crippen LogP contribution < -0.4 is 11.2 Å². The predicted molar refractivity (Wildman–Crippen MR) is 59.2 cm³/mol. The van der Waals surface area contributed by atoms with Crippen molar-refractivity contribution in [1.82, 2.24) is 9.55 Å². The van der Waals surface area contributed by atoms with Gasteiger partial charge in [-0.1, -0.05) is 0 Å². The Hall–Kier alpha value is -1.95. The third kappa shape index (κ3) is 2.06. The first-order chi connectivity index (χ1) is 8.56. The van der Waals surface area contributed by atoms with Crippen molar-refractivity contribution in [3.63, 3.8) is 0 Å². The van der Waals surface area contributed by atoms with Crippen LogP contribution in [0.2, 0.25) is 0 Å². The zero-order valence-corrected chi connectivity index (χ0v) is 9.24. The molecule has 1 aliphatic heterocycles. The first-order valence-electron chi connectivity index (χ1n) is 5.24. The topological polar surface area (TPSA) is 109 Å². The SMILES string of the molecule is [C-]#[N+]c1cn([C@@H]2O[C@H](CO)C[C@@H]2O)c(=O)[nH]c1=O. The number of hydrogen-bond donors (Lipinski definition) is 3. The second-order valence-electron chi connectivity index (χ2n) is 3.93. The van der Waals surface area contributed by atoms with Gasteiger partial charge in [-0.25, -0.2) is 9.64 Å². The lowest BCUT2D eigenvalue weighted by Crippen LogP contribution is -2.35. The molecule has 1 aliphatic rings. The molecule has 8 nitrogen and oxygen atoms in total. The van der Waals surface area contributed by atoms with Gasteiger partial charge in [-0.2, -0.15) is 0 Å². The molecule has 0 amide bonds. The van der Waals surface area contributed by atoms with Crippen LogP contribution in [0, 0.1) is 6.57 Å². The largest absolute Gasteiger partial charge is 0.394 e. The van der Waals surface area contributed by atoms with Crippen LogP contribution in [0.3, 0.4) is 0 Å². The molecule has 1 fully saturated rings. The lowest BCUT2D eigenvalue weighted by Gasteiger charge is -2.17. The number of aliphatic hydroxyl groups is 2. The van der Waals surface area contributed by atoms with Gasteiger partial charge in [-0.05, 0) is 0 Å². The summed E-state index contributed by atoms with van der Waals surface area (Å²) in [6.45, 7) is 6.52. The van der Waals surface area contributed by atoms with Crippen LogP contribution in [0.15, 0.2) is 15.8 Å². The summed E-state index contributed by atoms with van der Waals surface area (Å²) in [4.78, 5) is 27.7. The van der Waals surface area contributed by atoms with Gasteiger partial charge in [0.1, 0.15) is 6.10 Å². The van der Waals surface area contributed by atoms with Gasteiger partial charge in [-0.3, -0.25) is 14.3 Å². The highest BCUT2D eigenvalue weighted by atomic mass is 16.5. The molecule has 96 valence electrons. The van der Waals surface area contributed by atoms with Crippen LogP contribution in [-0.2, 0) is 4.74 Å². The molecule has 0 unspecified atom stereocenters. The Morgan fingerprint density at radius 3 is 2.89 bits per heavy atom. The van der Waals surface area contributed by atoms with Gasteiger partial charge >= 0.3 is 5.69 Å². The molecular weight excluding hydrogens is 242 g/mol. The number of nitrogens with one attached hydrogen (secondary N) is 1. The first kappa shape index (κ1) is 12.5. The highest BCUT2D eigenvalue weighted by molar-refractivity contribution is 5.38. The van der Waals surface area contributed by atoms with Crippen molar-refractivity contribution in [3.05, 3.63) is 38.5 Å². The van der Waals surface area contributed by atoms with E-state index in [0.717, 1.165) is 10.8 Å². The molecule has 2 rings (SSSR count). The molecule has 2 heterocycles. The van der Waals surface area contributed by atoms with E-state index in [1.54, 1.807) is 0 Å². The molecule has 0 radical (unpaired) electrons. The number of nitrogens with zero attached hydrogens (tertiary/aromatic N) is 2. The fraction of sp³-hybridized carbons (Fsp3) is 0.500. The molecule has 0 aromatic carbocycles. The quantitative estimate of drug-likeness (QED) is 0.569. The van der Waals surface area contributed by atoms with E-state index < -0.39 is 29.7 Å². The minimum absolute atomic E-state index is 0.181. The number of aliphatic hydroxyl groups excluding tert-OH is 2. The number of aromatic nitrogens is 2. The Morgan fingerprint density at radius 2 is 2.33 bits per heavy atom. The van der Waals surface area contributed by atoms with Crippen LogP contribution in [0.1, 0.15) is 12.6 Å². The summed E-state index contributed by atoms with van der Waals surface area (Å²) in [5.41, 5.74) is -1.81. The van der Waals surface area contributed by atoms with E-state index >= 15 is 0 Å². The van der Waals surface area contributed by atoms with Crippen LogP contribution in [0.4, 0.5) is 5.69 Å². The molecule has 1 aromatic heterocycles. The van der Waals surface area contributed by atoms with Crippen LogP contribution >= 0.6 is 0 Å². The van der Waals surface area contributed by atoms with Gasteiger partial charge < -0.3 is 14.9 Å². The summed E-state index contributed by atoms with van der Waals surface area (Å²) in [5.74, 6) is 0. The molecule has 18 heavy (non-hydrogen) atoms. The lowest BCUT2D eigenvalue weighted by atomic mass is 10.2. The first-order valence-corrected chi connectivity index (χ1v) is 5.24. The number of H-pyrrole nitrogens is 1. The van der Waals surface area contributed by atoms with E-state index in [9.17, 15) is 14.7 Å². The number of ether oxygens (including phenoxy) is 1. The maximum Gasteiger partial charge on any atom is 0.328 e. The third-order valence-corrected chi connectivity index (χ3v) is 2.71. The third-order valence-electron chi connectivity index (χ3n) is 2.71. The maximum atomic E-state index is 11.6. The van der Waals surface area contributed by atoms with Crippen molar-refractivity contribution in [2.75, 3.05) is 6.61 Å². The number of hydrogen-bond acceptors (Lipinski definition) is 5. The Bertz CT molecular complexity index is 599. The zero-order chi connectivity index (χ0) is 13.3. The number of aromatic amines is 1. The van der Waals surface area contributed by atoms with Crippen LogP contribution in [0.25, 0.3) is 4.85 Å². The standard InChI is InChI=1S/C10H11N3O5/c1-11-6-3-13(10(17)12-8(6)16)9-7(15)2-5(4-14)18-9/h3,5,7,9,14-15H,2,4H2,(H,12,16,17)/t5-,7-,9+/m0/s1. The summed E-state index contributed by atoms with van der Waals surface area (Å²) in [7, 11) is 0. The van der Waals surface area contributed by atoms with Gasteiger partial charge in [0.2, 0.25) is 0 Å². The van der Waals surface area contributed by atoms with Gasteiger partial charge in [0, 0.05) is 12.6 Å². The monoisotopic (exact) mass is 253 g/mol. The summed E-state index contributed by atoms with van der Waals surface area (Å²) >= 11 is 0. The summed E-state index contributed by atoms with van der Waals surface area (Å²) in [5, 5.41) is 18.7. The van der Waals surface area contributed by atoms with E-state index in [4.69, 9.17) is 16.4 Å². The lowest BCUT2D eigenvalue weighted by molar-refractivity contribution is -0.0529. The zero-order valence-electron chi connectivity index (χ0n) is 9.24. The average Bonchev–Trinajstić information content (AvgIpc) is 2.71. The van der Waals surface area contributed by atoms with Crippen LogP contribution in [-0.4, -0.2) is 38.6 Å². The molecule has 0 saturated carbocycles. The normalized spacial score (nSPS) is 27.1. The fourth-order valence-corrected chi connectivity index (χ4v) is 1.84. The van der Waals surface area contributed by atoms with Gasteiger partial charge in [0.15, 0.2) is 6.23 Å². The summed E-state index contributed by atoms with van der Waals surface area (Å²) < 4.78 is 6.22. The second kappa shape index (κ2) is 4.73. The Morgan fingerprint density at radius 1 is 1.61 bits per heavy atom. The summed E-state index contributed by atoms with van der Waals surface area (Å²) in [6.07, 6.45) is -1.33. The Labute approximate surface area is 101 Å². The fourth-order valence-electron chi connectivity index (χ4n) is 1.84. The minimum atomic E-state index is -1.01. The minimum Gasteiger partial charge on any atom is -0.394 e. The molecule has 0 spiro atoms. The highest BCUT2D eigenvalue weighted by Crippen LogP contribution is 2.27. The molecule has 8 heteroatoms. The van der Waals surface area contributed by atoms with E-state index in [2.05, 4.69) is 4.85 Å². The van der Waals surface area contributed by atoms with E-state index in [1.807, 2.05) is 4.98 Å². The molecule has 3 N–H and O–H groups in total.